The lowest BCUT2D eigenvalue weighted by Crippen LogP contribution is -1.99. The number of rotatable bonds is 7. The largest absolute Gasteiger partial charge is 0.504 e. The molecule has 0 fully saturated rings. The predicted octanol–water partition coefficient (Wildman–Crippen LogP) is 5.78. The molecule has 0 radical (unpaired) electrons. The highest BCUT2D eigenvalue weighted by Crippen LogP contribution is 2.28. The van der Waals surface area contributed by atoms with Gasteiger partial charge < -0.3 is 19.7 Å². The van der Waals surface area contributed by atoms with Crippen LogP contribution < -0.4 is 9.47 Å². The lowest BCUT2D eigenvalue weighted by Gasteiger charge is -2.05. The quantitative estimate of drug-likeness (QED) is 0.367. The lowest BCUT2D eigenvalue weighted by atomic mass is 10.1. The van der Waals surface area contributed by atoms with Crippen molar-refractivity contribution in [1.29, 1.82) is 0 Å². The van der Waals surface area contributed by atoms with Crippen LogP contribution in [0.4, 0.5) is 4.39 Å². The van der Waals surface area contributed by atoms with Crippen LogP contribution in [-0.4, -0.2) is 34.2 Å². The van der Waals surface area contributed by atoms with Crippen LogP contribution in [0.3, 0.4) is 0 Å². The molecule has 3 aromatic carbocycles. The summed E-state index contributed by atoms with van der Waals surface area (Å²) in [7, 11) is 2.98. The van der Waals surface area contributed by atoms with E-state index in [0.717, 1.165) is 16.8 Å². The van der Waals surface area contributed by atoms with Crippen LogP contribution >= 0.6 is 0 Å². The van der Waals surface area contributed by atoms with Gasteiger partial charge in [0, 0.05) is 0 Å². The van der Waals surface area contributed by atoms with Crippen LogP contribution in [0.25, 0.3) is 30.0 Å². The SMILES string of the molecule is COc1cc(/C=C/c2cc(/C=C/c3ccc(O)c(OC)c3)n(-c3cccc(F)c3)n2)ccc1O. The van der Waals surface area contributed by atoms with E-state index in [1.807, 2.05) is 30.4 Å². The van der Waals surface area contributed by atoms with E-state index in [1.54, 1.807) is 53.2 Å². The van der Waals surface area contributed by atoms with Crippen molar-refractivity contribution in [3.63, 3.8) is 0 Å². The number of phenolic OH excluding ortho intramolecular Hbond substituents is 2. The van der Waals surface area contributed by atoms with Crippen LogP contribution in [0.1, 0.15) is 22.5 Å². The summed E-state index contributed by atoms with van der Waals surface area (Å²) in [5, 5.41) is 24.2. The fourth-order valence-electron chi connectivity index (χ4n) is 3.39. The zero-order chi connectivity index (χ0) is 24.1. The van der Waals surface area contributed by atoms with Gasteiger partial charge >= 0.3 is 0 Å². The molecule has 0 bridgehead atoms. The summed E-state index contributed by atoms with van der Waals surface area (Å²) < 4.78 is 25.9. The molecule has 0 amide bonds. The summed E-state index contributed by atoms with van der Waals surface area (Å²) in [4.78, 5) is 0. The molecular weight excluding hydrogens is 435 g/mol. The molecule has 4 aromatic rings. The maximum absolute atomic E-state index is 13.9. The molecule has 34 heavy (non-hydrogen) atoms. The highest BCUT2D eigenvalue weighted by molar-refractivity contribution is 5.74. The van der Waals surface area contributed by atoms with Crippen LogP contribution in [0, 0.1) is 5.82 Å². The fourth-order valence-corrected chi connectivity index (χ4v) is 3.39. The maximum atomic E-state index is 13.9. The number of hydrogen-bond acceptors (Lipinski definition) is 5. The third-order valence-corrected chi connectivity index (χ3v) is 5.11. The van der Waals surface area contributed by atoms with Crippen LogP contribution in [0.5, 0.6) is 23.0 Å². The third kappa shape index (κ3) is 5.10. The molecule has 4 rings (SSSR count). The van der Waals surface area contributed by atoms with Gasteiger partial charge in [0.15, 0.2) is 23.0 Å². The Hall–Kier alpha value is -4.52. The van der Waals surface area contributed by atoms with E-state index in [9.17, 15) is 14.6 Å². The molecule has 0 aliphatic heterocycles. The van der Waals surface area contributed by atoms with Gasteiger partial charge in [-0.1, -0.05) is 30.4 Å². The van der Waals surface area contributed by atoms with E-state index in [-0.39, 0.29) is 17.3 Å². The van der Waals surface area contributed by atoms with Gasteiger partial charge in [0.1, 0.15) is 5.82 Å². The molecule has 0 saturated carbocycles. The molecule has 6 nitrogen and oxygen atoms in total. The lowest BCUT2D eigenvalue weighted by molar-refractivity contribution is 0.373. The highest BCUT2D eigenvalue weighted by Gasteiger charge is 2.08. The molecule has 172 valence electrons. The van der Waals surface area contributed by atoms with Gasteiger partial charge in [-0.05, 0) is 71.8 Å². The normalized spacial score (nSPS) is 11.4. The number of halogens is 1. The number of aromatic hydroxyl groups is 2. The van der Waals surface area contributed by atoms with Crippen molar-refractivity contribution in [2.24, 2.45) is 0 Å². The Balaban J connectivity index is 1.70. The van der Waals surface area contributed by atoms with Gasteiger partial charge in [0.05, 0.1) is 31.3 Å². The number of methoxy groups -OCH3 is 2. The summed E-state index contributed by atoms with van der Waals surface area (Å²) in [5.74, 6) is 0.504. The topological polar surface area (TPSA) is 76.7 Å². The van der Waals surface area contributed by atoms with E-state index in [1.165, 1.54) is 26.4 Å². The predicted molar refractivity (Wildman–Crippen MR) is 131 cm³/mol. The molecule has 0 atom stereocenters. The average molecular weight is 458 g/mol. The summed E-state index contributed by atoms with van der Waals surface area (Å²) in [6.45, 7) is 0. The number of nitrogens with zero attached hydrogens (tertiary/aromatic N) is 2. The Morgan fingerprint density at radius 2 is 1.38 bits per heavy atom. The summed E-state index contributed by atoms with van der Waals surface area (Å²) in [6.07, 6.45) is 7.37. The first kappa shape index (κ1) is 22.7. The van der Waals surface area contributed by atoms with Crippen molar-refractivity contribution in [2.75, 3.05) is 14.2 Å². The second kappa shape index (κ2) is 9.95. The molecule has 0 aliphatic rings. The van der Waals surface area contributed by atoms with Gasteiger partial charge in [-0.2, -0.15) is 5.10 Å². The van der Waals surface area contributed by atoms with Crippen molar-refractivity contribution in [2.45, 2.75) is 0 Å². The molecule has 0 spiro atoms. The smallest absolute Gasteiger partial charge is 0.161 e. The minimum atomic E-state index is -0.362. The summed E-state index contributed by atoms with van der Waals surface area (Å²) in [5.41, 5.74) is 3.59. The number of aromatic nitrogens is 2. The van der Waals surface area contributed by atoms with Gasteiger partial charge in [-0.3, -0.25) is 0 Å². The molecule has 0 aliphatic carbocycles. The van der Waals surface area contributed by atoms with Crippen LogP contribution in [0.15, 0.2) is 66.7 Å². The monoisotopic (exact) mass is 458 g/mol. The zero-order valence-corrected chi connectivity index (χ0v) is 18.6. The Labute approximate surface area is 196 Å². The second-order valence-corrected chi connectivity index (χ2v) is 7.41. The van der Waals surface area contributed by atoms with E-state index in [2.05, 4.69) is 5.10 Å². The van der Waals surface area contributed by atoms with E-state index < -0.39 is 0 Å². The molecule has 2 N–H and O–H groups in total. The minimum absolute atomic E-state index is 0.0581. The number of benzene rings is 3. The van der Waals surface area contributed by atoms with Crippen LogP contribution in [-0.2, 0) is 0 Å². The first-order valence-corrected chi connectivity index (χ1v) is 10.4. The highest BCUT2D eigenvalue weighted by atomic mass is 19.1. The van der Waals surface area contributed by atoms with Gasteiger partial charge in [-0.15, -0.1) is 0 Å². The van der Waals surface area contributed by atoms with Crippen molar-refractivity contribution in [3.05, 3.63) is 95.1 Å². The Morgan fingerprint density at radius 1 is 0.765 bits per heavy atom. The van der Waals surface area contributed by atoms with Crippen molar-refractivity contribution >= 4 is 24.3 Å². The van der Waals surface area contributed by atoms with Gasteiger partial charge in [0.2, 0.25) is 0 Å². The molecular formula is C27H23FN2O4. The standard InChI is InChI=1S/C27H23FN2O4/c1-33-26-14-18(8-12-24(26)31)6-10-21-17-23(30(29-21)22-5-3-4-20(28)16-22)11-7-19-9-13-25(32)27(15-19)34-2/h3-17,31-32H,1-2H3/b10-6+,11-7+. The zero-order valence-electron chi connectivity index (χ0n) is 18.6. The fraction of sp³-hybridized carbons (Fsp3) is 0.0741. The molecule has 1 aromatic heterocycles. The number of phenols is 2. The number of ether oxygens (including phenoxy) is 2. The van der Waals surface area contributed by atoms with E-state index in [0.29, 0.717) is 22.9 Å². The van der Waals surface area contributed by atoms with Crippen molar-refractivity contribution in [3.8, 4) is 28.7 Å². The second-order valence-electron chi connectivity index (χ2n) is 7.41. The Bertz CT molecular complexity index is 1380. The molecule has 1 heterocycles. The molecule has 0 saturated heterocycles. The van der Waals surface area contributed by atoms with Crippen molar-refractivity contribution in [1.82, 2.24) is 9.78 Å². The molecule has 0 unspecified atom stereocenters. The van der Waals surface area contributed by atoms with Gasteiger partial charge in [0.25, 0.3) is 0 Å². The summed E-state index contributed by atoms with van der Waals surface area (Å²) in [6, 6.07) is 18.1. The van der Waals surface area contributed by atoms with E-state index >= 15 is 0 Å². The Morgan fingerprint density at radius 3 is 1.97 bits per heavy atom. The maximum Gasteiger partial charge on any atom is 0.161 e. The number of hydrogen-bond donors (Lipinski definition) is 2. The van der Waals surface area contributed by atoms with Gasteiger partial charge in [-0.25, -0.2) is 9.07 Å². The summed E-state index contributed by atoms with van der Waals surface area (Å²) >= 11 is 0. The van der Waals surface area contributed by atoms with Crippen LogP contribution in [0.2, 0.25) is 0 Å². The first-order chi connectivity index (χ1) is 16.5. The Kier molecular flexibility index (Phi) is 6.64. The average Bonchev–Trinajstić information content (AvgIpc) is 3.26. The van der Waals surface area contributed by atoms with E-state index in [4.69, 9.17) is 9.47 Å². The minimum Gasteiger partial charge on any atom is -0.504 e. The third-order valence-electron chi connectivity index (χ3n) is 5.11. The van der Waals surface area contributed by atoms with Crippen molar-refractivity contribution < 1.29 is 24.1 Å². The first-order valence-electron chi connectivity index (χ1n) is 10.4. The molecule has 7 heteroatoms.